The molecular weight excluding hydrogens is 628 g/mol. The van der Waals surface area contributed by atoms with Gasteiger partial charge in [-0.15, -0.1) is 0 Å². The molecule has 0 aliphatic carbocycles. The van der Waals surface area contributed by atoms with E-state index in [-0.39, 0.29) is 30.9 Å². The third-order valence-electron chi connectivity index (χ3n) is 8.12. The number of hydrogen-bond acceptors (Lipinski definition) is 0. The fourth-order valence-electron chi connectivity index (χ4n) is 8.10. The lowest BCUT2D eigenvalue weighted by Crippen LogP contribution is -2.45. The van der Waals surface area contributed by atoms with Crippen LogP contribution in [-0.4, -0.2) is 30.9 Å². The van der Waals surface area contributed by atoms with Crippen molar-refractivity contribution in [3.8, 4) is 0 Å². The second-order valence-electron chi connectivity index (χ2n) is 18.8. The summed E-state index contributed by atoms with van der Waals surface area (Å²) in [5.41, 5.74) is 0. The molecule has 0 saturated carbocycles. The van der Waals surface area contributed by atoms with E-state index in [4.69, 9.17) is 0 Å². The Labute approximate surface area is 290 Å². The molecule has 3 aromatic rings. The summed E-state index contributed by atoms with van der Waals surface area (Å²) in [7, 11) is -2.30. The smallest absolute Gasteiger partial charge is 0.00734 e. The Morgan fingerprint density at radius 3 is 0.565 bits per heavy atom. The lowest BCUT2D eigenvalue weighted by Gasteiger charge is -2.46. The minimum Gasteiger partial charge on any atom is -0.0636 e. The quantitative estimate of drug-likeness (QED) is 0.225. The van der Waals surface area contributed by atoms with Crippen LogP contribution in [0.3, 0.4) is 0 Å². The van der Waals surface area contributed by atoms with Gasteiger partial charge in [-0.3, -0.25) is 0 Å². The van der Waals surface area contributed by atoms with Crippen molar-refractivity contribution >= 4 is 63.5 Å². The Morgan fingerprint density at radius 2 is 0.413 bits per heavy atom. The Kier molecular flexibility index (Phi) is 12.1. The third-order valence-corrected chi connectivity index (χ3v) is 21.9. The van der Waals surface area contributed by atoms with Gasteiger partial charge in [0.05, 0.1) is 0 Å². The predicted molar refractivity (Wildman–Crippen MR) is 223 cm³/mol. The first-order valence-corrected chi connectivity index (χ1v) is 22.5. The largest absolute Gasteiger partial charge is 0.0636 e. The molecule has 0 spiro atoms. The highest BCUT2D eigenvalue weighted by molar-refractivity contribution is 7.86. The molecule has 0 aliphatic rings. The molecule has 0 N–H and O–H groups in total. The van der Waals surface area contributed by atoms with E-state index in [9.17, 15) is 0 Å². The van der Waals surface area contributed by atoms with Crippen LogP contribution in [0, 0.1) is 0 Å². The average molecular weight is 695 g/mol. The van der Waals surface area contributed by atoms with E-state index in [2.05, 4.69) is 197 Å². The molecule has 0 amide bonds. The second kappa shape index (κ2) is 13.9. The molecule has 0 bridgehead atoms. The summed E-state index contributed by atoms with van der Waals surface area (Å²) < 4.78 is 0. The maximum atomic E-state index is 2.52. The molecule has 0 saturated heterocycles. The minimum atomic E-state index is -0.840. The third kappa shape index (κ3) is 9.13. The minimum absolute atomic E-state index is 0.177. The first-order chi connectivity index (χ1) is 20.7. The van der Waals surface area contributed by atoms with Crippen LogP contribution < -0.4 is 31.8 Å². The molecule has 0 fully saturated rings. The molecule has 0 unspecified atom stereocenters. The van der Waals surface area contributed by atoms with Crippen molar-refractivity contribution < 1.29 is 0 Å². The topological polar surface area (TPSA) is 0 Å². The van der Waals surface area contributed by atoms with Crippen LogP contribution in [0.15, 0.2) is 72.8 Å². The fraction of sp³-hybridized carbons (Fsp3) is 0.571. The van der Waals surface area contributed by atoms with Gasteiger partial charge in [0.15, 0.2) is 0 Å². The molecule has 0 atom stereocenters. The Balaban J connectivity index is 2.63. The first-order valence-electron chi connectivity index (χ1n) is 17.2. The van der Waals surface area contributed by atoms with Gasteiger partial charge in [0, 0.05) is 0 Å². The maximum absolute atomic E-state index is 2.52. The summed E-state index contributed by atoms with van der Waals surface area (Å²) >= 11 is 0. The monoisotopic (exact) mass is 694 g/mol. The molecule has 0 aromatic heterocycles. The zero-order valence-electron chi connectivity index (χ0n) is 32.7. The van der Waals surface area contributed by atoms with Gasteiger partial charge in [-0.25, -0.2) is 0 Å². The highest BCUT2D eigenvalue weighted by atomic mass is 31.1. The molecule has 0 radical (unpaired) electrons. The van der Waals surface area contributed by atoms with Gasteiger partial charge in [-0.1, -0.05) is 221 Å². The summed E-state index contributed by atoms with van der Waals surface area (Å²) in [6, 6.07) is 29.0. The molecule has 0 nitrogen and oxygen atoms in total. The highest BCUT2D eigenvalue weighted by Gasteiger charge is 2.43. The van der Waals surface area contributed by atoms with E-state index in [0.29, 0.717) is 0 Å². The fourth-order valence-corrected chi connectivity index (χ4v) is 24.3. The molecule has 0 aliphatic heterocycles. The second-order valence-corrected chi connectivity index (χ2v) is 32.5. The molecule has 3 aromatic carbocycles. The van der Waals surface area contributed by atoms with Crippen LogP contribution in [0.1, 0.15) is 125 Å². The molecule has 0 heterocycles. The van der Waals surface area contributed by atoms with Crippen molar-refractivity contribution in [2.45, 2.75) is 156 Å². The molecule has 46 heavy (non-hydrogen) atoms. The molecule has 3 rings (SSSR count). The lowest BCUT2D eigenvalue weighted by molar-refractivity contribution is 0.714. The maximum Gasteiger partial charge on any atom is -0.00734 e. The average Bonchev–Trinajstić information content (AvgIpc) is 2.82. The van der Waals surface area contributed by atoms with Crippen LogP contribution >= 0.6 is 31.7 Å². The van der Waals surface area contributed by atoms with Crippen LogP contribution in [0.5, 0.6) is 0 Å². The Hall–Kier alpha value is -0.620. The summed E-state index contributed by atoms with van der Waals surface area (Å²) in [5.74, 6) is 0. The Morgan fingerprint density at radius 1 is 0.261 bits per heavy atom. The van der Waals surface area contributed by atoms with Crippen molar-refractivity contribution in [2.75, 3.05) is 0 Å². The van der Waals surface area contributed by atoms with Crippen molar-refractivity contribution in [1.82, 2.24) is 0 Å². The SMILES string of the molecule is CC(C)(C)P(c1ccccc1P(c1ccccc1P(C(C)(C)C)C(C)(C)C)c1ccccc1P(C(C)(C)C)C(C)(C)C)C(C)(C)C. The van der Waals surface area contributed by atoms with Gasteiger partial charge >= 0.3 is 0 Å². The zero-order valence-corrected chi connectivity index (χ0v) is 36.3. The molecule has 254 valence electrons. The molecular formula is C42H66P4. The lowest BCUT2D eigenvalue weighted by atomic mass is 10.2. The summed E-state index contributed by atoms with van der Waals surface area (Å²) in [4.78, 5) is 0. The number of rotatable bonds is 6. The van der Waals surface area contributed by atoms with Gasteiger partial charge in [-0.2, -0.15) is 0 Å². The van der Waals surface area contributed by atoms with Gasteiger partial charge < -0.3 is 0 Å². The number of hydrogen-bond donors (Lipinski definition) is 0. The Bertz CT molecular complexity index is 1240. The number of benzene rings is 3. The van der Waals surface area contributed by atoms with E-state index in [1.165, 1.54) is 0 Å². The van der Waals surface area contributed by atoms with E-state index < -0.39 is 31.7 Å². The van der Waals surface area contributed by atoms with Crippen molar-refractivity contribution in [3.63, 3.8) is 0 Å². The van der Waals surface area contributed by atoms with E-state index >= 15 is 0 Å². The zero-order chi connectivity index (χ0) is 35.3. The predicted octanol–water partition coefficient (Wildman–Crippen LogP) is 11.6. The van der Waals surface area contributed by atoms with Crippen LogP contribution in [-0.2, 0) is 0 Å². The van der Waals surface area contributed by atoms with Gasteiger partial charge in [-0.05, 0) is 70.7 Å². The van der Waals surface area contributed by atoms with E-state index in [1.54, 1.807) is 31.8 Å². The van der Waals surface area contributed by atoms with Crippen molar-refractivity contribution in [1.29, 1.82) is 0 Å². The normalized spacial score (nSPS) is 14.2. The van der Waals surface area contributed by atoms with Crippen molar-refractivity contribution in [2.24, 2.45) is 0 Å². The molecule has 4 heteroatoms. The van der Waals surface area contributed by atoms with Gasteiger partial charge in [0.25, 0.3) is 0 Å². The standard InChI is InChI=1S/C42H66P4/c1-37(2,3)44(38(4,5)6)34-28-22-19-25-31(34)43(32-26-20-23-29-35(32)45(39(7,8)9)40(10,11)12)33-27-21-24-30-36(33)46(41(13,14)15)42(16,17)18/h19-30H,1-18H3. The van der Waals surface area contributed by atoms with Crippen LogP contribution in [0.2, 0.25) is 0 Å². The van der Waals surface area contributed by atoms with Crippen molar-refractivity contribution in [3.05, 3.63) is 72.8 Å². The van der Waals surface area contributed by atoms with Gasteiger partial charge in [0.2, 0.25) is 0 Å². The van der Waals surface area contributed by atoms with E-state index in [1.807, 2.05) is 0 Å². The summed E-state index contributed by atoms with van der Waals surface area (Å²) in [6.45, 7) is 44.5. The van der Waals surface area contributed by atoms with E-state index in [0.717, 1.165) is 0 Å². The van der Waals surface area contributed by atoms with Crippen LogP contribution in [0.4, 0.5) is 0 Å². The summed E-state index contributed by atoms with van der Waals surface area (Å²) in [5, 5.41) is 10.6. The first kappa shape index (κ1) is 39.8. The summed E-state index contributed by atoms with van der Waals surface area (Å²) in [6.07, 6.45) is 0. The van der Waals surface area contributed by atoms with Gasteiger partial charge in [0.1, 0.15) is 0 Å². The highest BCUT2D eigenvalue weighted by Crippen LogP contribution is 2.62. The van der Waals surface area contributed by atoms with Crippen LogP contribution in [0.25, 0.3) is 0 Å².